The quantitative estimate of drug-likeness (QED) is 0.325. The lowest BCUT2D eigenvalue weighted by Gasteiger charge is -2.15. The van der Waals surface area contributed by atoms with Crippen molar-refractivity contribution in [3.8, 4) is 5.69 Å². The molecule has 0 atom stereocenters. The fraction of sp³-hybridized carbons (Fsp3) is 0.0435. The van der Waals surface area contributed by atoms with Crippen LogP contribution in [0.25, 0.3) is 16.6 Å². The lowest BCUT2D eigenvalue weighted by atomic mass is 10.0. The third kappa shape index (κ3) is 3.74. The van der Waals surface area contributed by atoms with Crippen LogP contribution < -0.4 is 0 Å². The monoisotopic (exact) mass is 477 g/mol. The van der Waals surface area contributed by atoms with Crippen LogP contribution in [0.4, 0.5) is 13.2 Å². The largest absolute Gasteiger partial charge is 0.478 e. The lowest BCUT2D eigenvalue weighted by Crippen LogP contribution is -2.12. The summed E-state index contributed by atoms with van der Waals surface area (Å²) >= 11 is 12.3. The van der Waals surface area contributed by atoms with Crippen molar-refractivity contribution in [3.05, 3.63) is 99.2 Å². The fourth-order valence-corrected chi connectivity index (χ4v) is 4.08. The first-order valence-electron chi connectivity index (χ1n) is 9.13. The highest BCUT2D eigenvalue weighted by molar-refractivity contribution is 6.41. The Balaban J connectivity index is 2.00. The van der Waals surface area contributed by atoms with Crippen LogP contribution in [0, 0.1) is 0 Å². The molecule has 0 saturated heterocycles. The Kier molecular flexibility index (Phi) is 5.48. The third-order valence-electron chi connectivity index (χ3n) is 4.95. The summed E-state index contributed by atoms with van der Waals surface area (Å²) in [6, 6.07) is 13.7. The van der Waals surface area contributed by atoms with Crippen molar-refractivity contribution in [1.29, 1.82) is 0 Å². The van der Waals surface area contributed by atoms with Gasteiger partial charge in [-0.2, -0.15) is 13.2 Å². The number of carboxylic acids is 1. The molecule has 0 saturated carbocycles. The minimum atomic E-state index is -4.83. The average Bonchev–Trinajstić information content (AvgIpc) is 3.12. The number of carbonyl (C=O) groups excluding carboxylic acids is 1. The molecule has 0 spiro atoms. The molecule has 0 radical (unpaired) electrons. The zero-order valence-electron chi connectivity index (χ0n) is 16.0. The summed E-state index contributed by atoms with van der Waals surface area (Å²) in [6.07, 6.45) is -3.56. The summed E-state index contributed by atoms with van der Waals surface area (Å²) in [5.74, 6) is -2.03. The summed E-state index contributed by atoms with van der Waals surface area (Å²) in [5, 5.41) is 9.74. The summed E-state index contributed by atoms with van der Waals surface area (Å²) < 4.78 is 42.6. The highest BCUT2D eigenvalue weighted by atomic mass is 35.5. The topological polar surface area (TPSA) is 59.3 Å². The van der Waals surface area contributed by atoms with Crippen molar-refractivity contribution >= 4 is 45.9 Å². The average molecular weight is 478 g/mol. The SMILES string of the molecule is O=C(O)c1ccc(-n2cc(C(=O)c3c(Cl)cccc3Cl)c3ccccc32)c(C(F)(F)F)c1. The minimum Gasteiger partial charge on any atom is -0.478 e. The molecular weight excluding hydrogens is 466 g/mol. The van der Waals surface area contributed by atoms with E-state index in [2.05, 4.69) is 0 Å². The molecule has 162 valence electrons. The third-order valence-corrected chi connectivity index (χ3v) is 5.58. The van der Waals surface area contributed by atoms with Gasteiger partial charge in [-0.25, -0.2) is 4.79 Å². The van der Waals surface area contributed by atoms with E-state index in [-0.39, 0.29) is 26.9 Å². The number of carboxylic acid groups (broad SMARTS) is 1. The lowest BCUT2D eigenvalue weighted by molar-refractivity contribution is -0.137. The van der Waals surface area contributed by atoms with Crippen LogP contribution in [0.15, 0.2) is 66.9 Å². The van der Waals surface area contributed by atoms with Crippen molar-refractivity contribution in [3.63, 3.8) is 0 Å². The summed E-state index contributed by atoms with van der Waals surface area (Å²) in [6.45, 7) is 0. The van der Waals surface area contributed by atoms with E-state index in [9.17, 15) is 22.8 Å². The molecule has 0 unspecified atom stereocenters. The Morgan fingerprint density at radius 3 is 2.19 bits per heavy atom. The van der Waals surface area contributed by atoms with Gasteiger partial charge in [0.2, 0.25) is 0 Å². The first-order valence-corrected chi connectivity index (χ1v) is 9.89. The van der Waals surface area contributed by atoms with Crippen LogP contribution in [0.1, 0.15) is 31.8 Å². The van der Waals surface area contributed by atoms with Gasteiger partial charge in [0.05, 0.1) is 37.9 Å². The molecule has 0 aliphatic carbocycles. The first kappa shape index (κ1) is 21.9. The second kappa shape index (κ2) is 8.00. The number of aromatic carboxylic acids is 1. The molecule has 4 aromatic rings. The van der Waals surface area contributed by atoms with E-state index in [0.717, 1.165) is 12.1 Å². The maximum absolute atomic E-state index is 13.8. The van der Waals surface area contributed by atoms with Crippen LogP contribution in [0.5, 0.6) is 0 Å². The van der Waals surface area contributed by atoms with Crippen molar-refractivity contribution in [1.82, 2.24) is 4.57 Å². The Morgan fingerprint density at radius 2 is 1.56 bits per heavy atom. The molecule has 0 aliphatic heterocycles. The molecule has 3 aromatic carbocycles. The van der Waals surface area contributed by atoms with E-state index in [1.165, 1.54) is 22.9 Å². The highest BCUT2D eigenvalue weighted by Crippen LogP contribution is 2.38. The van der Waals surface area contributed by atoms with Crippen molar-refractivity contribution < 1.29 is 27.9 Å². The molecule has 1 aromatic heterocycles. The van der Waals surface area contributed by atoms with Crippen molar-refractivity contribution in [2.24, 2.45) is 0 Å². The normalized spacial score (nSPS) is 11.7. The molecule has 32 heavy (non-hydrogen) atoms. The van der Waals surface area contributed by atoms with Gasteiger partial charge in [-0.05, 0) is 36.4 Å². The number of para-hydroxylation sites is 1. The molecular formula is C23H12Cl2F3NO3. The van der Waals surface area contributed by atoms with Gasteiger partial charge in [0, 0.05) is 17.1 Å². The number of ketones is 1. The smallest absolute Gasteiger partial charge is 0.418 e. The number of fused-ring (bicyclic) bond motifs is 1. The van der Waals surface area contributed by atoms with E-state index in [4.69, 9.17) is 28.3 Å². The number of halogens is 5. The number of hydrogen-bond acceptors (Lipinski definition) is 2. The Labute approximate surface area is 189 Å². The summed E-state index contributed by atoms with van der Waals surface area (Å²) in [4.78, 5) is 24.5. The zero-order chi connectivity index (χ0) is 23.2. The molecule has 4 rings (SSSR count). The van der Waals surface area contributed by atoms with Crippen LogP contribution in [-0.2, 0) is 6.18 Å². The Hall–Kier alpha value is -3.29. The molecule has 4 nitrogen and oxygen atoms in total. The van der Waals surface area contributed by atoms with Gasteiger partial charge in [-0.1, -0.05) is 47.5 Å². The van der Waals surface area contributed by atoms with E-state index < -0.39 is 29.1 Å². The first-order chi connectivity index (χ1) is 15.1. The van der Waals surface area contributed by atoms with E-state index in [1.807, 2.05) is 0 Å². The van der Waals surface area contributed by atoms with E-state index >= 15 is 0 Å². The van der Waals surface area contributed by atoms with Gasteiger partial charge in [0.1, 0.15) is 0 Å². The van der Waals surface area contributed by atoms with E-state index in [0.29, 0.717) is 17.0 Å². The fourth-order valence-electron chi connectivity index (χ4n) is 3.52. The molecule has 0 amide bonds. The summed E-state index contributed by atoms with van der Waals surface area (Å²) in [5.41, 5.74) is -1.50. The van der Waals surface area contributed by atoms with E-state index in [1.54, 1.807) is 30.3 Å². The minimum absolute atomic E-state index is 0.0380. The zero-order valence-corrected chi connectivity index (χ0v) is 17.5. The maximum Gasteiger partial charge on any atom is 0.418 e. The number of benzene rings is 3. The standard InChI is InChI=1S/C23H12Cl2F3NO3/c24-16-5-3-6-17(25)20(16)21(30)14-11-29(18-7-2-1-4-13(14)18)19-9-8-12(22(31)32)10-15(19)23(26,27)28/h1-11H,(H,31,32). The number of rotatable bonds is 4. The second-order valence-electron chi connectivity index (χ2n) is 6.89. The Morgan fingerprint density at radius 1 is 0.906 bits per heavy atom. The predicted octanol–water partition coefficient (Wildman–Crippen LogP) is 6.89. The van der Waals surface area contributed by atoms with Gasteiger partial charge in [-0.15, -0.1) is 0 Å². The van der Waals surface area contributed by atoms with Gasteiger partial charge < -0.3 is 9.67 Å². The summed E-state index contributed by atoms with van der Waals surface area (Å²) in [7, 11) is 0. The predicted molar refractivity (Wildman–Crippen MR) is 115 cm³/mol. The molecule has 9 heteroatoms. The van der Waals surface area contributed by atoms with Gasteiger partial charge in [-0.3, -0.25) is 4.79 Å². The van der Waals surface area contributed by atoms with Gasteiger partial charge in [0.25, 0.3) is 0 Å². The number of hydrogen-bond donors (Lipinski definition) is 1. The van der Waals surface area contributed by atoms with Crippen LogP contribution >= 0.6 is 23.2 Å². The number of alkyl halides is 3. The van der Waals surface area contributed by atoms with Crippen molar-refractivity contribution in [2.45, 2.75) is 6.18 Å². The second-order valence-corrected chi connectivity index (χ2v) is 7.70. The Bertz CT molecular complexity index is 1370. The maximum atomic E-state index is 13.8. The molecule has 1 N–H and O–H groups in total. The molecule has 0 fully saturated rings. The molecule has 1 heterocycles. The van der Waals surface area contributed by atoms with Crippen LogP contribution in [0.3, 0.4) is 0 Å². The molecule has 0 aliphatic rings. The van der Waals surface area contributed by atoms with Crippen molar-refractivity contribution in [2.75, 3.05) is 0 Å². The van der Waals surface area contributed by atoms with Gasteiger partial charge in [0.15, 0.2) is 5.78 Å². The number of aromatic nitrogens is 1. The number of carbonyl (C=O) groups is 2. The van der Waals surface area contributed by atoms with Crippen LogP contribution in [0.2, 0.25) is 10.0 Å². The van der Waals surface area contributed by atoms with Crippen LogP contribution in [-0.4, -0.2) is 21.4 Å². The number of nitrogens with zero attached hydrogens (tertiary/aromatic N) is 1. The van der Waals surface area contributed by atoms with Gasteiger partial charge >= 0.3 is 12.1 Å². The molecule has 0 bridgehead atoms. The highest BCUT2D eigenvalue weighted by Gasteiger charge is 2.35.